The largest absolute Gasteiger partial charge is 0.346 e. The molecule has 1 amide bonds. The molecule has 2 aliphatic heterocycles. The highest BCUT2D eigenvalue weighted by Crippen LogP contribution is 2.42. The SMILES string of the molecule is CC(C)c1nnc(N2CCC3(CCCN(C(C)C)C3=O)C2)s1. The van der Waals surface area contributed by atoms with Crippen molar-refractivity contribution in [2.75, 3.05) is 24.5 Å². The van der Waals surface area contributed by atoms with E-state index in [4.69, 9.17) is 0 Å². The third-order valence-corrected chi connectivity index (χ3v) is 6.23. The first-order chi connectivity index (χ1) is 10.4. The van der Waals surface area contributed by atoms with Crippen molar-refractivity contribution in [3.8, 4) is 0 Å². The monoisotopic (exact) mass is 322 g/mol. The maximum atomic E-state index is 12.9. The molecule has 5 nitrogen and oxygen atoms in total. The second kappa shape index (κ2) is 5.80. The molecule has 1 unspecified atom stereocenters. The van der Waals surface area contributed by atoms with Gasteiger partial charge in [-0.05, 0) is 33.1 Å². The number of carbonyl (C=O) groups excluding carboxylic acids is 1. The molecule has 2 fully saturated rings. The fourth-order valence-electron chi connectivity index (χ4n) is 3.60. The summed E-state index contributed by atoms with van der Waals surface area (Å²) in [5, 5.41) is 10.7. The van der Waals surface area contributed by atoms with Gasteiger partial charge in [0.1, 0.15) is 5.01 Å². The van der Waals surface area contributed by atoms with Gasteiger partial charge < -0.3 is 9.80 Å². The van der Waals surface area contributed by atoms with Crippen LogP contribution in [0.3, 0.4) is 0 Å². The predicted molar refractivity (Wildman–Crippen MR) is 89.3 cm³/mol. The highest BCUT2D eigenvalue weighted by Gasteiger charge is 2.49. The molecule has 3 rings (SSSR count). The fourth-order valence-corrected chi connectivity index (χ4v) is 4.47. The number of anilines is 1. The minimum atomic E-state index is -0.188. The van der Waals surface area contributed by atoms with Crippen molar-refractivity contribution < 1.29 is 4.79 Å². The maximum absolute atomic E-state index is 12.9. The molecule has 0 radical (unpaired) electrons. The Morgan fingerprint density at radius 1 is 1.14 bits per heavy atom. The lowest BCUT2D eigenvalue weighted by Crippen LogP contribution is -2.52. The first kappa shape index (κ1) is 15.7. The van der Waals surface area contributed by atoms with Gasteiger partial charge >= 0.3 is 0 Å². The topological polar surface area (TPSA) is 49.3 Å². The Hall–Kier alpha value is -1.17. The number of nitrogens with zero attached hydrogens (tertiary/aromatic N) is 4. The summed E-state index contributed by atoms with van der Waals surface area (Å²) in [6.07, 6.45) is 3.08. The zero-order valence-electron chi connectivity index (χ0n) is 14.0. The van der Waals surface area contributed by atoms with Crippen LogP contribution in [0, 0.1) is 5.41 Å². The Kier molecular flexibility index (Phi) is 4.14. The molecule has 0 saturated carbocycles. The normalized spacial score (nSPS) is 26.0. The van der Waals surface area contributed by atoms with E-state index >= 15 is 0 Å². The minimum absolute atomic E-state index is 0.188. The maximum Gasteiger partial charge on any atom is 0.230 e. The van der Waals surface area contributed by atoms with Crippen LogP contribution in [0.5, 0.6) is 0 Å². The third-order valence-electron chi connectivity index (χ3n) is 4.94. The number of amides is 1. The molecule has 1 aromatic rings. The van der Waals surface area contributed by atoms with E-state index in [2.05, 4.69) is 47.7 Å². The van der Waals surface area contributed by atoms with E-state index in [1.807, 2.05) is 0 Å². The number of hydrogen-bond acceptors (Lipinski definition) is 5. The van der Waals surface area contributed by atoms with Crippen LogP contribution in [0.4, 0.5) is 5.13 Å². The number of likely N-dealkylation sites (tertiary alicyclic amines) is 1. The van der Waals surface area contributed by atoms with Gasteiger partial charge in [0.25, 0.3) is 0 Å². The molecule has 2 saturated heterocycles. The van der Waals surface area contributed by atoms with Crippen LogP contribution in [0.15, 0.2) is 0 Å². The lowest BCUT2D eigenvalue weighted by molar-refractivity contribution is -0.147. The van der Waals surface area contributed by atoms with Crippen LogP contribution < -0.4 is 4.90 Å². The highest BCUT2D eigenvalue weighted by molar-refractivity contribution is 7.15. The third kappa shape index (κ3) is 2.62. The van der Waals surface area contributed by atoms with E-state index < -0.39 is 0 Å². The zero-order chi connectivity index (χ0) is 15.9. The molecule has 2 aliphatic rings. The van der Waals surface area contributed by atoms with Crippen molar-refractivity contribution in [1.29, 1.82) is 0 Å². The van der Waals surface area contributed by atoms with Crippen LogP contribution in [0.1, 0.15) is 57.9 Å². The van der Waals surface area contributed by atoms with Crippen LogP contribution >= 0.6 is 11.3 Å². The molecule has 0 aromatic carbocycles. The Labute approximate surface area is 136 Å². The zero-order valence-corrected chi connectivity index (χ0v) is 14.8. The van der Waals surface area contributed by atoms with Crippen molar-refractivity contribution in [1.82, 2.24) is 15.1 Å². The van der Waals surface area contributed by atoms with Crippen molar-refractivity contribution >= 4 is 22.4 Å². The van der Waals surface area contributed by atoms with Gasteiger partial charge in [0.2, 0.25) is 11.0 Å². The molecular formula is C16H26N4OS. The lowest BCUT2D eigenvalue weighted by atomic mass is 9.78. The lowest BCUT2D eigenvalue weighted by Gasteiger charge is -2.41. The van der Waals surface area contributed by atoms with Crippen molar-refractivity contribution in [2.45, 2.75) is 58.9 Å². The second-order valence-corrected chi connectivity index (χ2v) is 8.21. The molecule has 0 aliphatic carbocycles. The average molecular weight is 322 g/mol. The van der Waals surface area contributed by atoms with Gasteiger partial charge in [-0.15, -0.1) is 10.2 Å². The van der Waals surface area contributed by atoms with Gasteiger partial charge in [-0.2, -0.15) is 0 Å². The molecule has 1 spiro atoms. The second-order valence-electron chi connectivity index (χ2n) is 7.23. The van der Waals surface area contributed by atoms with E-state index in [9.17, 15) is 4.79 Å². The molecule has 0 N–H and O–H groups in total. The fraction of sp³-hybridized carbons (Fsp3) is 0.812. The first-order valence-electron chi connectivity index (χ1n) is 8.32. The number of hydrogen-bond donors (Lipinski definition) is 0. The van der Waals surface area contributed by atoms with Gasteiger partial charge in [-0.3, -0.25) is 4.79 Å². The van der Waals surface area contributed by atoms with Gasteiger partial charge in [-0.25, -0.2) is 0 Å². The molecule has 22 heavy (non-hydrogen) atoms. The summed E-state index contributed by atoms with van der Waals surface area (Å²) in [5.74, 6) is 0.764. The van der Waals surface area contributed by atoms with E-state index in [1.54, 1.807) is 11.3 Å². The number of aromatic nitrogens is 2. The van der Waals surface area contributed by atoms with Gasteiger partial charge in [0, 0.05) is 31.6 Å². The number of carbonyl (C=O) groups is 1. The summed E-state index contributed by atoms with van der Waals surface area (Å²) < 4.78 is 0. The average Bonchev–Trinajstić information content (AvgIpc) is 3.09. The summed E-state index contributed by atoms with van der Waals surface area (Å²) in [6.45, 7) is 11.1. The Bertz CT molecular complexity index is 556. The predicted octanol–water partition coefficient (Wildman–Crippen LogP) is 2.89. The van der Waals surface area contributed by atoms with E-state index in [0.717, 1.165) is 49.0 Å². The summed E-state index contributed by atoms with van der Waals surface area (Å²) in [6, 6.07) is 0.299. The molecule has 122 valence electrons. The molecular weight excluding hydrogens is 296 g/mol. The smallest absolute Gasteiger partial charge is 0.230 e. The Morgan fingerprint density at radius 3 is 2.55 bits per heavy atom. The van der Waals surface area contributed by atoms with Gasteiger partial charge in [0.15, 0.2) is 0 Å². The van der Waals surface area contributed by atoms with Gasteiger partial charge in [-0.1, -0.05) is 25.2 Å². The molecule has 1 aromatic heterocycles. The van der Waals surface area contributed by atoms with Gasteiger partial charge in [0.05, 0.1) is 5.41 Å². The van der Waals surface area contributed by atoms with Crippen LogP contribution in [-0.4, -0.2) is 46.7 Å². The molecule has 6 heteroatoms. The minimum Gasteiger partial charge on any atom is -0.346 e. The molecule has 1 atom stereocenters. The van der Waals surface area contributed by atoms with Crippen molar-refractivity contribution in [2.24, 2.45) is 5.41 Å². The quantitative estimate of drug-likeness (QED) is 0.858. The molecule has 0 bridgehead atoms. The number of piperidine rings is 1. The summed E-state index contributed by atoms with van der Waals surface area (Å²) in [5.41, 5.74) is -0.188. The number of rotatable bonds is 3. The molecule has 3 heterocycles. The van der Waals surface area contributed by atoms with E-state index in [0.29, 0.717) is 17.9 Å². The summed E-state index contributed by atoms with van der Waals surface area (Å²) in [7, 11) is 0. The van der Waals surface area contributed by atoms with E-state index in [-0.39, 0.29) is 5.41 Å². The summed E-state index contributed by atoms with van der Waals surface area (Å²) in [4.78, 5) is 17.3. The highest BCUT2D eigenvalue weighted by atomic mass is 32.1. The van der Waals surface area contributed by atoms with Crippen molar-refractivity contribution in [3.63, 3.8) is 0 Å². The van der Waals surface area contributed by atoms with E-state index in [1.165, 1.54) is 0 Å². The first-order valence-corrected chi connectivity index (χ1v) is 9.14. The van der Waals surface area contributed by atoms with Crippen molar-refractivity contribution in [3.05, 3.63) is 5.01 Å². The Balaban J connectivity index is 1.76. The van der Waals surface area contributed by atoms with Crippen LogP contribution in [0.25, 0.3) is 0 Å². The standard InChI is InChI=1S/C16H26N4OS/c1-11(2)13-17-18-15(22-13)19-9-7-16(10-19)6-5-8-20(12(3)4)14(16)21/h11-12H,5-10H2,1-4H3. The van der Waals surface area contributed by atoms with Crippen LogP contribution in [-0.2, 0) is 4.79 Å². The summed E-state index contributed by atoms with van der Waals surface area (Å²) >= 11 is 1.67. The van der Waals surface area contributed by atoms with Crippen LogP contribution in [0.2, 0.25) is 0 Å². The Morgan fingerprint density at radius 2 is 1.91 bits per heavy atom.